The van der Waals surface area contributed by atoms with Crippen LogP contribution >= 0.6 is 11.8 Å². The van der Waals surface area contributed by atoms with Crippen LogP contribution in [0.3, 0.4) is 0 Å². The van der Waals surface area contributed by atoms with Gasteiger partial charge < -0.3 is 4.74 Å². The van der Waals surface area contributed by atoms with Crippen molar-refractivity contribution in [2.45, 2.75) is 6.61 Å². The van der Waals surface area contributed by atoms with E-state index in [1.54, 1.807) is 72.8 Å². The Morgan fingerprint density at radius 1 is 0.969 bits per heavy atom. The Morgan fingerprint density at radius 3 is 2.47 bits per heavy atom. The van der Waals surface area contributed by atoms with Crippen LogP contribution in [0.25, 0.3) is 6.08 Å². The first-order chi connectivity index (χ1) is 15.5. The number of rotatable bonds is 7. The van der Waals surface area contributed by atoms with Crippen LogP contribution in [0.1, 0.15) is 21.5 Å². The van der Waals surface area contributed by atoms with Crippen LogP contribution in [0.15, 0.2) is 83.8 Å². The highest BCUT2D eigenvalue weighted by Crippen LogP contribution is 2.32. The summed E-state index contributed by atoms with van der Waals surface area (Å²) in [6.45, 7) is -0.0330. The zero-order valence-corrected chi connectivity index (χ0v) is 17.7. The van der Waals surface area contributed by atoms with Gasteiger partial charge in [-0.25, -0.2) is 4.39 Å². The van der Waals surface area contributed by atoms with Gasteiger partial charge in [-0.05, 0) is 53.2 Å². The standard InChI is InChI=1S/C25H18FNO4S/c26-20-11-9-17(10-12-20)16-31-21-8-4-5-18(13-21)14-23-24(29)27(25(30)32-23)15-22(28)19-6-2-1-3-7-19/h1-14H,15-16H2/b23-14+. The van der Waals surface area contributed by atoms with Crippen molar-refractivity contribution in [3.63, 3.8) is 0 Å². The number of nitrogens with zero attached hydrogens (tertiary/aromatic N) is 1. The van der Waals surface area contributed by atoms with Crippen molar-refractivity contribution in [3.05, 3.63) is 106 Å². The molecule has 0 radical (unpaired) electrons. The van der Waals surface area contributed by atoms with E-state index >= 15 is 0 Å². The zero-order valence-electron chi connectivity index (χ0n) is 16.9. The van der Waals surface area contributed by atoms with Crippen LogP contribution in [-0.2, 0) is 11.4 Å². The molecule has 1 saturated heterocycles. The van der Waals surface area contributed by atoms with Gasteiger partial charge in [-0.2, -0.15) is 0 Å². The van der Waals surface area contributed by atoms with Crippen LogP contribution < -0.4 is 4.74 Å². The first-order valence-corrected chi connectivity index (χ1v) is 10.6. The second kappa shape index (κ2) is 9.62. The van der Waals surface area contributed by atoms with E-state index < -0.39 is 11.1 Å². The van der Waals surface area contributed by atoms with Gasteiger partial charge >= 0.3 is 0 Å². The summed E-state index contributed by atoms with van der Waals surface area (Å²) in [5.41, 5.74) is 1.95. The minimum atomic E-state index is -0.498. The highest BCUT2D eigenvalue weighted by atomic mass is 32.2. The molecule has 0 N–H and O–H groups in total. The number of amides is 2. The quantitative estimate of drug-likeness (QED) is 0.362. The summed E-state index contributed by atoms with van der Waals surface area (Å²) in [5.74, 6) is -0.538. The summed E-state index contributed by atoms with van der Waals surface area (Å²) in [5, 5.41) is -0.478. The lowest BCUT2D eigenvalue weighted by molar-refractivity contribution is -0.122. The van der Waals surface area contributed by atoms with Gasteiger partial charge in [-0.3, -0.25) is 19.3 Å². The number of thioether (sulfide) groups is 1. The van der Waals surface area contributed by atoms with Crippen LogP contribution in [0.2, 0.25) is 0 Å². The molecule has 3 aromatic carbocycles. The van der Waals surface area contributed by atoms with Crippen LogP contribution in [-0.4, -0.2) is 28.4 Å². The molecule has 0 spiro atoms. The predicted molar refractivity (Wildman–Crippen MR) is 121 cm³/mol. The average molecular weight is 447 g/mol. The fourth-order valence-corrected chi connectivity index (χ4v) is 3.93. The van der Waals surface area contributed by atoms with Gasteiger partial charge in [0.15, 0.2) is 5.78 Å². The molecule has 160 valence electrons. The number of benzene rings is 3. The number of ketones is 1. The van der Waals surface area contributed by atoms with Crippen molar-refractivity contribution in [1.29, 1.82) is 0 Å². The van der Waals surface area contributed by atoms with Crippen LogP contribution in [0.5, 0.6) is 5.75 Å². The van der Waals surface area contributed by atoms with Crippen LogP contribution in [0.4, 0.5) is 9.18 Å². The molecule has 0 bridgehead atoms. The molecule has 0 unspecified atom stereocenters. The molecule has 0 saturated carbocycles. The van der Waals surface area contributed by atoms with Crippen molar-refractivity contribution in [2.75, 3.05) is 6.54 Å². The molecule has 0 aliphatic carbocycles. The van der Waals surface area contributed by atoms with Crippen molar-refractivity contribution in [3.8, 4) is 5.75 Å². The smallest absolute Gasteiger partial charge is 0.293 e. The molecule has 0 aromatic heterocycles. The molecule has 5 nitrogen and oxygen atoms in total. The summed E-state index contributed by atoms with van der Waals surface area (Å²) in [6.07, 6.45) is 1.60. The van der Waals surface area contributed by atoms with Crippen molar-refractivity contribution < 1.29 is 23.5 Å². The lowest BCUT2D eigenvalue weighted by Crippen LogP contribution is -2.33. The number of halogens is 1. The molecule has 1 fully saturated rings. The fourth-order valence-electron chi connectivity index (χ4n) is 3.09. The molecule has 1 aliphatic rings. The molecule has 4 rings (SSSR count). The number of carbonyl (C=O) groups is 3. The normalized spacial score (nSPS) is 14.8. The van der Waals surface area contributed by atoms with E-state index in [1.165, 1.54) is 12.1 Å². The van der Waals surface area contributed by atoms with Gasteiger partial charge in [-0.15, -0.1) is 0 Å². The molecule has 32 heavy (non-hydrogen) atoms. The van der Waals surface area contributed by atoms with Gasteiger partial charge in [0.25, 0.3) is 11.1 Å². The third-order valence-electron chi connectivity index (χ3n) is 4.75. The molecule has 7 heteroatoms. The summed E-state index contributed by atoms with van der Waals surface area (Å²) >= 11 is 0.801. The average Bonchev–Trinajstić information content (AvgIpc) is 3.07. The molecule has 3 aromatic rings. The van der Waals surface area contributed by atoms with E-state index in [1.807, 2.05) is 0 Å². The highest BCUT2D eigenvalue weighted by molar-refractivity contribution is 8.18. The Hall–Kier alpha value is -3.71. The Labute approximate surface area is 188 Å². The third kappa shape index (κ3) is 5.12. The van der Waals surface area contributed by atoms with Crippen molar-refractivity contribution in [2.24, 2.45) is 0 Å². The monoisotopic (exact) mass is 447 g/mol. The fraction of sp³-hybridized carbons (Fsp3) is 0.0800. The first kappa shape index (κ1) is 21.5. The van der Waals surface area contributed by atoms with Gasteiger partial charge in [0.1, 0.15) is 18.2 Å². The maximum absolute atomic E-state index is 13.0. The second-order valence-corrected chi connectivity index (χ2v) is 8.04. The molecule has 0 atom stereocenters. The SMILES string of the molecule is O=C(CN1C(=O)S/C(=C/c2cccc(OCc3ccc(F)cc3)c2)C1=O)c1ccccc1. The second-order valence-electron chi connectivity index (χ2n) is 7.04. The Morgan fingerprint density at radius 2 is 1.72 bits per heavy atom. The Kier molecular flexibility index (Phi) is 6.47. The molecule has 1 aliphatic heterocycles. The summed E-state index contributed by atoms with van der Waals surface area (Å²) in [4.78, 5) is 38.6. The number of ether oxygens (including phenoxy) is 1. The van der Waals surface area contributed by atoms with E-state index in [0.29, 0.717) is 16.9 Å². The highest BCUT2D eigenvalue weighted by Gasteiger charge is 2.36. The lowest BCUT2D eigenvalue weighted by Gasteiger charge is -2.11. The summed E-state index contributed by atoms with van der Waals surface area (Å²) in [7, 11) is 0. The largest absolute Gasteiger partial charge is 0.489 e. The van der Waals surface area contributed by atoms with E-state index in [0.717, 1.165) is 22.2 Å². The lowest BCUT2D eigenvalue weighted by atomic mass is 10.1. The number of Topliss-reactive ketones (excluding diaryl/α,β-unsaturated/α-hetero) is 1. The Balaban J connectivity index is 1.43. The number of hydrogen-bond donors (Lipinski definition) is 0. The Bertz CT molecular complexity index is 1190. The number of imide groups is 1. The topological polar surface area (TPSA) is 63.7 Å². The van der Waals surface area contributed by atoms with Crippen molar-refractivity contribution >= 4 is 34.8 Å². The minimum absolute atomic E-state index is 0.242. The van der Waals surface area contributed by atoms with Gasteiger partial charge in [0.2, 0.25) is 0 Å². The number of carbonyl (C=O) groups excluding carboxylic acids is 3. The molecular weight excluding hydrogens is 429 g/mol. The van der Waals surface area contributed by atoms with Gasteiger partial charge in [-0.1, -0.05) is 54.6 Å². The molecule has 2 amide bonds. The summed E-state index contributed by atoms with van der Waals surface area (Å²) < 4.78 is 18.8. The van der Waals surface area contributed by atoms with Crippen LogP contribution in [0, 0.1) is 5.82 Å². The maximum Gasteiger partial charge on any atom is 0.293 e. The maximum atomic E-state index is 13.0. The summed E-state index contributed by atoms with van der Waals surface area (Å²) in [6, 6.07) is 21.6. The third-order valence-corrected chi connectivity index (χ3v) is 5.65. The zero-order chi connectivity index (χ0) is 22.5. The van der Waals surface area contributed by atoms with E-state index in [-0.39, 0.29) is 29.7 Å². The van der Waals surface area contributed by atoms with E-state index in [4.69, 9.17) is 4.74 Å². The number of hydrogen-bond acceptors (Lipinski definition) is 5. The first-order valence-electron chi connectivity index (χ1n) is 9.80. The van der Waals surface area contributed by atoms with E-state index in [2.05, 4.69) is 0 Å². The molecular formula is C25H18FNO4S. The van der Waals surface area contributed by atoms with Crippen molar-refractivity contribution in [1.82, 2.24) is 4.90 Å². The minimum Gasteiger partial charge on any atom is -0.489 e. The van der Waals surface area contributed by atoms with Gasteiger partial charge in [0, 0.05) is 5.56 Å². The van der Waals surface area contributed by atoms with E-state index in [9.17, 15) is 18.8 Å². The predicted octanol–water partition coefficient (Wildman–Crippen LogP) is 5.32. The van der Waals surface area contributed by atoms with Gasteiger partial charge in [0.05, 0.1) is 11.4 Å². The molecule has 1 heterocycles.